The van der Waals surface area contributed by atoms with E-state index in [-0.39, 0.29) is 11.8 Å². The quantitative estimate of drug-likeness (QED) is 0.637. The third-order valence-corrected chi connectivity index (χ3v) is 5.18. The van der Waals surface area contributed by atoms with E-state index in [2.05, 4.69) is 26.6 Å². The minimum atomic E-state index is -0.254. The summed E-state index contributed by atoms with van der Waals surface area (Å²) < 4.78 is 6.65. The number of rotatable bonds is 5. The number of furan rings is 1. The Morgan fingerprint density at radius 2 is 1.85 bits per heavy atom. The summed E-state index contributed by atoms with van der Waals surface area (Å²) in [6.07, 6.45) is 2.13. The molecule has 1 aromatic heterocycles. The van der Waals surface area contributed by atoms with E-state index in [0.29, 0.717) is 29.5 Å². The van der Waals surface area contributed by atoms with Gasteiger partial charge >= 0.3 is 0 Å². The van der Waals surface area contributed by atoms with Gasteiger partial charge in [0, 0.05) is 33.6 Å². The first-order valence-corrected chi connectivity index (χ1v) is 9.67. The smallest absolute Gasteiger partial charge is 0.287 e. The van der Waals surface area contributed by atoms with Gasteiger partial charge in [-0.25, -0.2) is 0 Å². The van der Waals surface area contributed by atoms with Crippen molar-refractivity contribution in [1.82, 2.24) is 10.6 Å². The zero-order chi connectivity index (χ0) is 19.0. The molecule has 2 amide bonds. The van der Waals surface area contributed by atoms with Gasteiger partial charge in [0.05, 0.1) is 0 Å². The number of benzene rings is 2. The van der Waals surface area contributed by atoms with Crippen LogP contribution in [0.3, 0.4) is 0 Å². The van der Waals surface area contributed by atoms with Gasteiger partial charge in [-0.2, -0.15) is 0 Å². The first kappa shape index (κ1) is 17.8. The topological polar surface area (TPSA) is 71.3 Å². The Kier molecular flexibility index (Phi) is 4.74. The van der Waals surface area contributed by atoms with Crippen LogP contribution in [0.15, 0.2) is 51.4 Å². The Morgan fingerprint density at radius 3 is 2.56 bits per heavy atom. The third-order valence-electron chi connectivity index (χ3n) is 4.69. The molecule has 27 heavy (non-hydrogen) atoms. The number of hydrogen-bond donors (Lipinski definition) is 2. The van der Waals surface area contributed by atoms with Crippen molar-refractivity contribution in [3.8, 4) is 0 Å². The van der Waals surface area contributed by atoms with E-state index in [4.69, 9.17) is 4.42 Å². The van der Waals surface area contributed by atoms with Crippen molar-refractivity contribution >= 4 is 38.7 Å². The Morgan fingerprint density at radius 1 is 1.11 bits per heavy atom. The number of nitrogens with one attached hydrogen (secondary N) is 2. The molecule has 0 unspecified atom stereocenters. The van der Waals surface area contributed by atoms with Crippen LogP contribution >= 0.6 is 15.9 Å². The molecule has 1 heterocycles. The number of aryl methyl sites for hydroxylation is 1. The molecule has 1 fully saturated rings. The van der Waals surface area contributed by atoms with Crippen LogP contribution in [-0.4, -0.2) is 17.9 Å². The fourth-order valence-electron chi connectivity index (χ4n) is 2.94. The minimum Gasteiger partial charge on any atom is -0.451 e. The molecular formula is C21H19BrN2O3. The maximum Gasteiger partial charge on any atom is 0.287 e. The third kappa shape index (κ3) is 3.90. The molecule has 2 N–H and O–H groups in total. The van der Waals surface area contributed by atoms with E-state index >= 15 is 0 Å². The average molecular weight is 427 g/mol. The van der Waals surface area contributed by atoms with E-state index in [0.717, 1.165) is 33.8 Å². The van der Waals surface area contributed by atoms with Gasteiger partial charge < -0.3 is 15.1 Å². The summed E-state index contributed by atoms with van der Waals surface area (Å²) in [5.41, 5.74) is 3.06. The fraction of sp³-hybridized carbons (Fsp3) is 0.238. The summed E-state index contributed by atoms with van der Waals surface area (Å²) in [7, 11) is 0. The second-order valence-corrected chi connectivity index (χ2v) is 7.74. The number of carbonyl (C=O) groups excluding carboxylic acids is 2. The Bertz CT molecular complexity index is 1020. The molecular weight excluding hydrogens is 408 g/mol. The summed E-state index contributed by atoms with van der Waals surface area (Å²) >= 11 is 3.44. The molecule has 5 nitrogen and oxygen atoms in total. The molecule has 0 saturated heterocycles. The van der Waals surface area contributed by atoms with Gasteiger partial charge in [0.25, 0.3) is 11.8 Å². The lowest BCUT2D eigenvalue weighted by Gasteiger charge is -2.06. The molecule has 138 valence electrons. The van der Waals surface area contributed by atoms with Crippen LogP contribution in [0.1, 0.15) is 44.9 Å². The average Bonchev–Trinajstić information content (AvgIpc) is 3.43. The SMILES string of the molecule is Cc1c(C(=O)NCc2ccc(C(=O)NC3CC3)cc2)oc2ccc(Br)cc12. The van der Waals surface area contributed by atoms with Crippen molar-refractivity contribution in [1.29, 1.82) is 0 Å². The van der Waals surface area contributed by atoms with Crippen LogP contribution in [-0.2, 0) is 6.54 Å². The summed E-state index contributed by atoms with van der Waals surface area (Å²) in [6.45, 7) is 2.24. The maximum atomic E-state index is 12.5. The maximum absolute atomic E-state index is 12.5. The molecule has 2 aromatic carbocycles. The van der Waals surface area contributed by atoms with Crippen molar-refractivity contribution in [3.63, 3.8) is 0 Å². The highest BCUT2D eigenvalue weighted by molar-refractivity contribution is 9.10. The highest BCUT2D eigenvalue weighted by Gasteiger charge is 2.23. The number of halogens is 1. The van der Waals surface area contributed by atoms with Crippen LogP contribution in [0.4, 0.5) is 0 Å². The standard InChI is InChI=1S/C21H19BrN2O3/c1-12-17-10-15(22)6-9-18(17)27-19(12)21(26)23-11-13-2-4-14(5-3-13)20(25)24-16-7-8-16/h2-6,9-10,16H,7-8,11H2,1H3,(H,23,26)(H,24,25). The first-order chi connectivity index (χ1) is 13.0. The lowest BCUT2D eigenvalue weighted by molar-refractivity contribution is 0.0921. The lowest BCUT2D eigenvalue weighted by atomic mass is 10.1. The van der Waals surface area contributed by atoms with Crippen molar-refractivity contribution in [3.05, 3.63) is 69.4 Å². The normalized spacial score (nSPS) is 13.6. The Balaban J connectivity index is 1.41. The second-order valence-electron chi connectivity index (χ2n) is 6.82. The number of amides is 2. The van der Waals surface area contributed by atoms with Crippen LogP contribution in [0, 0.1) is 6.92 Å². The predicted molar refractivity (Wildman–Crippen MR) is 107 cm³/mol. The number of carbonyl (C=O) groups is 2. The van der Waals surface area contributed by atoms with Crippen LogP contribution in [0.2, 0.25) is 0 Å². The monoisotopic (exact) mass is 426 g/mol. The molecule has 3 aromatic rings. The molecule has 0 aliphatic heterocycles. The van der Waals surface area contributed by atoms with E-state index in [1.807, 2.05) is 37.3 Å². The van der Waals surface area contributed by atoms with E-state index in [1.165, 1.54) is 0 Å². The molecule has 0 bridgehead atoms. The molecule has 1 aliphatic rings. The second kappa shape index (κ2) is 7.19. The van der Waals surface area contributed by atoms with E-state index < -0.39 is 0 Å². The summed E-state index contributed by atoms with van der Waals surface area (Å²) in [4.78, 5) is 24.5. The first-order valence-electron chi connectivity index (χ1n) is 8.88. The van der Waals surface area contributed by atoms with Crippen LogP contribution < -0.4 is 10.6 Å². The van der Waals surface area contributed by atoms with Crippen molar-refractivity contribution in [2.45, 2.75) is 32.4 Å². The van der Waals surface area contributed by atoms with E-state index in [9.17, 15) is 9.59 Å². The highest BCUT2D eigenvalue weighted by Crippen LogP contribution is 2.28. The van der Waals surface area contributed by atoms with Crippen LogP contribution in [0.5, 0.6) is 0 Å². The van der Waals surface area contributed by atoms with Crippen molar-refractivity contribution < 1.29 is 14.0 Å². The molecule has 0 spiro atoms. The molecule has 0 radical (unpaired) electrons. The van der Waals surface area contributed by atoms with E-state index in [1.54, 1.807) is 12.1 Å². The number of hydrogen-bond acceptors (Lipinski definition) is 3. The van der Waals surface area contributed by atoms with Gasteiger partial charge in [0.15, 0.2) is 5.76 Å². The van der Waals surface area contributed by atoms with Gasteiger partial charge in [-0.3, -0.25) is 9.59 Å². The van der Waals surface area contributed by atoms with Gasteiger partial charge in [-0.05, 0) is 55.7 Å². The summed E-state index contributed by atoms with van der Waals surface area (Å²) in [6, 6.07) is 13.3. The van der Waals surface area contributed by atoms with Gasteiger partial charge in [0.1, 0.15) is 5.58 Å². The minimum absolute atomic E-state index is 0.0443. The Labute approximate surface area is 165 Å². The largest absolute Gasteiger partial charge is 0.451 e. The number of fused-ring (bicyclic) bond motifs is 1. The van der Waals surface area contributed by atoms with Crippen molar-refractivity contribution in [2.24, 2.45) is 0 Å². The summed E-state index contributed by atoms with van der Waals surface area (Å²) in [5, 5.41) is 6.75. The Hall–Kier alpha value is -2.60. The zero-order valence-corrected chi connectivity index (χ0v) is 16.4. The van der Waals surface area contributed by atoms with Gasteiger partial charge in [0.2, 0.25) is 0 Å². The highest BCUT2D eigenvalue weighted by atomic mass is 79.9. The molecule has 6 heteroatoms. The zero-order valence-electron chi connectivity index (χ0n) is 14.8. The molecule has 4 rings (SSSR count). The van der Waals surface area contributed by atoms with Gasteiger partial charge in [-0.1, -0.05) is 28.1 Å². The summed E-state index contributed by atoms with van der Waals surface area (Å²) in [5.74, 6) is 0.0241. The van der Waals surface area contributed by atoms with Crippen molar-refractivity contribution in [2.75, 3.05) is 0 Å². The lowest BCUT2D eigenvalue weighted by Crippen LogP contribution is -2.25. The fourth-order valence-corrected chi connectivity index (χ4v) is 3.30. The van der Waals surface area contributed by atoms with Crippen LogP contribution in [0.25, 0.3) is 11.0 Å². The molecule has 0 atom stereocenters. The molecule has 1 saturated carbocycles. The van der Waals surface area contributed by atoms with Gasteiger partial charge in [-0.15, -0.1) is 0 Å². The molecule has 1 aliphatic carbocycles. The predicted octanol–water partition coefficient (Wildman–Crippen LogP) is 4.33.